The van der Waals surface area contributed by atoms with E-state index in [-0.39, 0.29) is 24.3 Å². The van der Waals surface area contributed by atoms with Gasteiger partial charge in [-0.2, -0.15) is 0 Å². The molecule has 13 nitrogen and oxygen atoms in total. The second kappa shape index (κ2) is 20.7. The van der Waals surface area contributed by atoms with E-state index >= 15 is 0 Å². The zero-order valence-electron chi connectivity index (χ0n) is 29.7. The Hall–Kier alpha value is -3.55. The van der Waals surface area contributed by atoms with Gasteiger partial charge in [0.2, 0.25) is 29.5 Å². The van der Waals surface area contributed by atoms with Gasteiger partial charge in [-0.3, -0.25) is 24.0 Å². The van der Waals surface area contributed by atoms with Gasteiger partial charge in [0.15, 0.2) is 0 Å². The molecular formula is C35H61N8O5+. The van der Waals surface area contributed by atoms with Crippen LogP contribution in [0.1, 0.15) is 77.2 Å². The van der Waals surface area contributed by atoms with E-state index in [4.69, 9.17) is 11.5 Å². The lowest BCUT2D eigenvalue weighted by Gasteiger charge is -2.27. The lowest BCUT2D eigenvalue weighted by Crippen LogP contribution is -2.59. The van der Waals surface area contributed by atoms with Gasteiger partial charge in [-0.05, 0) is 82.4 Å². The molecule has 1 aliphatic rings. The van der Waals surface area contributed by atoms with Gasteiger partial charge in [0, 0.05) is 6.42 Å². The van der Waals surface area contributed by atoms with Crippen LogP contribution in [0, 0.1) is 5.92 Å². The molecule has 0 saturated carbocycles. The Kier molecular flexibility index (Phi) is 17.5. The third-order valence-electron chi connectivity index (χ3n) is 8.44. The van der Waals surface area contributed by atoms with Crippen molar-refractivity contribution in [1.29, 1.82) is 0 Å². The van der Waals surface area contributed by atoms with Crippen molar-refractivity contribution >= 4 is 29.5 Å². The maximum atomic E-state index is 14.0. The largest absolute Gasteiger partial charge is 0.368 e. The Morgan fingerprint density at radius 2 is 1.38 bits per heavy atom. The standard InChI is InChI=1S/C35H60N8O5/c1-24(2)22-29(31(37)44)41-35(48)30(23-25-14-7-6-8-15-25)42-34(47)28(17-10-12-21-43(3,4)5)40-33(46)27(16-9-11-19-36)39-32(45)26-18-13-20-38-26/h6-8,14-15,24,26-30,38H,9-13,16-23,36H2,1-5H3,(H5-,37,39,40,41,42,44,45,46,47,48)/p+1/t26-,27-,28-,29-,30-/m0/s1. The minimum Gasteiger partial charge on any atom is -0.368 e. The average Bonchev–Trinajstić information content (AvgIpc) is 3.56. The van der Waals surface area contributed by atoms with Crippen molar-refractivity contribution in [3.63, 3.8) is 0 Å². The van der Waals surface area contributed by atoms with Gasteiger partial charge in [-0.1, -0.05) is 44.2 Å². The van der Waals surface area contributed by atoms with Crippen molar-refractivity contribution in [3.05, 3.63) is 35.9 Å². The average molecular weight is 674 g/mol. The summed E-state index contributed by atoms with van der Waals surface area (Å²) in [4.78, 5) is 66.5. The number of unbranched alkanes of at least 4 members (excludes halogenated alkanes) is 2. The summed E-state index contributed by atoms with van der Waals surface area (Å²) < 4.78 is 0.754. The molecule has 1 saturated heterocycles. The van der Waals surface area contributed by atoms with Gasteiger partial charge in [0.1, 0.15) is 24.2 Å². The van der Waals surface area contributed by atoms with Crippen molar-refractivity contribution in [2.24, 2.45) is 17.4 Å². The minimum atomic E-state index is -1.03. The van der Waals surface area contributed by atoms with Crippen molar-refractivity contribution in [1.82, 2.24) is 26.6 Å². The van der Waals surface area contributed by atoms with Crippen molar-refractivity contribution in [2.75, 3.05) is 40.8 Å². The molecule has 270 valence electrons. The van der Waals surface area contributed by atoms with E-state index in [0.717, 1.165) is 36.0 Å². The number of benzene rings is 1. The molecule has 0 bridgehead atoms. The summed E-state index contributed by atoms with van der Waals surface area (Å²) in [6.45, 7) is 5.92. The number of primary amides is 1. The molecule has 0 spiro atoms. The van der Waals surface area contributed by atoms with Crippen LogP contribution in [-0.2, 0) is 30.4 Å². The maximum absolute atomic E-state index is 14.0. The van der Waals surface area contributed by atoms with Gasteiger partial charge in [0.05, 0.1) is 33.7 Å². The summed E-state index contributed by atoms with van der Waals surface area (Å²) in [5.41, 5.74) is 12.1. The number of nitrogens with zero attached hydrogens (tertiary/aromatic N) is 1. The molecule has 1 fully saturated rings. The monoisotopic (exact) mass is 673 g/mol. The highest BCUT2D eigenvalue weighted by Crippen LogP contribution is 2.12. The first kappa shape index (κ1) is 40.6. The molecule has 1 aromatic carbocycles. The van der Waals surface area contributed by atoms with Crippen LogP contribution in [-0.4, -0.2) is 105 Å². The van der Waals surface area contributed by atoms with E-state index in [1.165, 1.54) is 0 Å². The summed E-state index contributed by atoms with van der Waals surface area (Å²) in [6.07, 6.45) is 5.59. The molecule has 2 rings (SSSR count). The molecule has 0 radical (unpaired) electrons. The summed E-state index contributed by atoms with van der Waals surface area (Å²) >= 11 is 0. The number of quaternary nitrogens is 1. The molecule has 48 heavy (non-hydrogen) atoms. The van der Waals surface area contributed by atoms with Gasteiger partial charge in [0.25, 0.3) is 0 Å². The number of carbonyl (C=O) groups is 5. The van der Waals surface area contributed by atoms with Gasteiger partial charge in [-0.25, -0.2) is 0 Å². The summed E-state index contributed by atoms with van der Waals surface area (Å²) in [5, 5.41) is 14.6. The molecule has 9 N–H and O–H groups in total. The topological polar surface area (TPSA) is 198 Å². The molecule has 13 heteroatoms. The second-order valence-corrected chi connectivity index (χ2v) is 14.4. The molecule has 0 aliphatic carbocycles. The fraction of sp³-hybridized carbons (Fsp3) is 0.686. The number of amides is 5. The Balaban J connectivity index is 2.30. The zero-order chi connectivity index (χ0) is 35.7. The normalized spacial score (nSPS) is 17.2. The van der Waals surface area contributed by atoms with Gasteiger partial charge in [-0.15, -0.1) is 0 Å². The van der Waals surface area contributed by atoms with Crippen molar-refractivity contribution in [3.8, 4) is 0 Å². The SMILES string of the molecule is CC(C)C[C@H](NC(=O)[C@H](Cc1ccccc1)NC(=O)[C@H](CCCC[N+](C)(C)C)NC(=O)[C@H](CCCCN)NC(=O)[C@@H]1CCCN1)C(N)=O. The van der Waals surface area contributed by atoms with Crippen LogP contribution in [0.2, 0.25) is 0 Å². The van der Waals surface area contributed by atoms with E-state index in [1.807, 2.05) is 44.2 Å². The quantitative estimate of drug-likeness (QED) is 0.0685. The Bertz CT molecular complexity index is 1170. The predicted octanol–water partition coefficient (Wildman–Crippen LogP) is 0.457. The fourth-order valence-electron chi connectivity index (χ4n) is 5.74. The Morgan fingerprint density at radius 3 is 1.92 bits per heavy atom. The Labute approximate surface area is 286 Å². The highest BCUT2D eigenvalue weighted by atomic mass is 16.2. The number of rotatable bonds is 22. The van der Waals surface area contributed by atoms with Crippen molar-refractivity contribution in [2.45, 2.75) is 108 Å². The minimum absolute atomic E-state index is 0.0963. The predicted molar refractivity (Wildman–Crippen MR) is 187 cm³/mol. The summed E-state index contributed by atoms with van der Waals surface area (Å²) in [5.74, 6) is -2.32. The third kappa shape index (κ3) is 15.6. The number of nitrogens with two attached hydrogens (primary N) is 2. The van der Waals surface area contributed by atoms with E-state index in [9.17, 15) is 24.0 Å². The maximum Gasteiger partial charge on any atom is 0.243 e. The van der Waals surface area contributed by atoms with Gasteiger partial charge >= 0.3 is 0 Å². The molecular weight excluding hydrogens is 612 g/mol. The molecule has 1 heterocycles. The van der Waals surface area contributed by atoms with Crippen LogP contribution >= 0.6 is 0 Å². The molecule has 5 amide bonds. The lowest BCUT2D eigenvalue weighted by atomic mass is 10.0. The van der Waals surface area contributed by atoms with Crippen LogP contribution in [0.25, 0.3) is 0 Å². The van der Waals surface area contributed by atoms with Crippen LogP contribution in [0.15, 0.2) is 30.3 Å². The smallest absolute Gasteiger partial charge is 0.243 e. The first-order valence-corrected chi connectivity index (χ1v) is 17.5. The summed E-state index contributed by atoms with van der Waals surface area (Å²) in [7, 11) is 6.27. The number of nitrogens with one attached hydrogen (secondary N) is 5. The zero-order valence-corrected chi connectivity index (χ0v) is 29.7. The fourth-order valence-corrected chi connectivity index (χ4v) is 5.74. The summed E-state index contributed by atoms with van der Waals surface area (Å²) in [6, 6.07) is 5.15. The number of hydrogen-bond acceptors (Lipinski definition) is 7. The van der Waals surface area contributed by atoms with E-state index < -0.39 is 47.8 Å². The van der Waals surface area contributed by atoms with Gasteiger partial charge < -0.3 is 42.5 Å². The molecule has 1 aliphatic heterocycles. The Morgan fingerprint density at radius 1 is 0.812 bits per heavy atom. The first-order valence-electron chi connectivity index (χ1n) is 17.5. The molecule has 1 aromatic rings. The van der Waals surface area contributed by atoms with E-state index in [2.05, 4.69) is 47.7 Å². The third-order valence-corrected chi connectivity index (χ3v) is 8.44. The highest BCUT2D eigenvalue weighted by molar-refractivity contribution is 5.95. The van der Waals surface area contributed by atoms with E-state index in [1.54, 1.807) is 0 Å². The van der Waals surface area contributed by atoms with Crippen LogP contribution in [0.4, 0.5) is 0 Å². The van der Waals surface area contributed by atoms with Crippen LogP contribution in [0.5, 0.6) is 0 Å². The highest BCUT2D eigenvalue weighted by Gasteiger charge is 2.32. The lowest BCUT2D eigenvalue weighted by molar-refractivity contribution is -0.870. The number of hydrogen-bond donors (Lipinski definition) is 7. The molecule has 0 aromatic heterocycles. The van der Waals surface area contributed by atoms with E-state index in [0.29, 0.717) is 51.5 Å². The first-order chi connectivity index (χ1) is 22.7. The second-order valence-electron chi connectivity index (χ2n) is 14.4. The molecule has 0 unspecified atom stereocenters. The van der Waals surface area contributed by atoms with Crippen LogP contribution < -0.4 is 38.1 Å². The van der Waals surface area contributed by atoms with Crippen LogP contribution in [0.3, 0.4) is 0 Å². The molecule has 5 atom stereocenters. The number of carbonyl (C=O) groups excluding carboxylic acids is 5. The van der Waals surface area contributed by atoms with Crippen molar-refractivity contribution < 1.29 is 28.5 Å².